The minimum absolute atomic E-state index is 0. The predicted molar refractivity (Wildman–Crippen MR) is 105 cm³/mol. The number of alkyl halides is 3. The van der Waals surface area contributed by atoms with Crippen LogP contribution >= 0.6 is 24.0 Å². The molecule has 1 aromatic heterocycles. The van der Waals surface area contributed by atoms with E-state index < -0.39 is 21.6 Å². The van der Waals surface area contributed by atoms with Gasteiger partial charge < -0.3 is 16.0 Å². The fraction of sp³-hybridized carbons (Fsp3) is 0.571. The van der Waals surface area contributed by atoms with E-state index in [0.717, 1.165) is 6.07 Å². The summed E-state index contributed by atoms with van der Waals surface area (Å²) in [6.45, 7) is 0.469. The summed E-state index contributed by atoms with van der Waals surface area (Å²) < 4.78 is 61.4. The number of rotatable bonds is 5. The molecular formula is C14H21F3IN5O2S. The summed E-state index contributed by atoms with van der Waals surface area (Å²) in [6.07, 6.45) is -2.69. The van der Waals surface area contributed by atoms with Crippen molar-refractivity contribution in [3.8, 4) is 0 Å². The zero-order valence-corrected chi connectivity index (χ0v) is 17.2. The maximum Gasteiger partial charge on any atom is 0.419 e. The standard InChI is InChI=1S/C14H20F3N5O2S.HI/c1-18-13(22-10-4-8-25(23,24)9-10)21-7-6-20-12-11(14(15,16)17)3-2-5-19-12;/h2-3,5,10H,4,6-9H2,1H3,(H,19,20)(H2,18,21,22);1H. The number of halogens is 4. The Bertz CT molecular complexity index is 728. The van der Waals surface area contributed by atoms with Crippen molar-refractivity contribution in [3.05, 3.63) is 23.9 Å². The molecule has 1 unspecified atom stereocenters. The van der Waals surface area contributed by atoms with Crippen LogP contribution in [0.2, 0.25) is 0 Å². The van der Waals surface area contributed by atoms with Crippen molar-refractivity contribution < 1.29 is 21.6 Å². The Labute approximate surface area is 167 Å². The molecule has 0 bridgehead atoms. The van der Waals surface area contributed by atoms with Gasteiger partial charge in [-0.25, -0.2) is 13.4 Å². The Morgan fingerprint density at radius 3 is 2.69 bits per heavy atom. The van der Waals surface area contributed by atoms with Crippen LogP contribution in [0.3, 0.4) is 0 Å². The molecule has 0 amide bonds. The molecule has 26 heavy (non-hydrogen) atoms. The van der Waals surface area contributed by atoms with Crippen LogP contribution in [0.1, 0.15) is 12.0 Å². The second-order valence-electron chi connectivity index (χ2n) is 5.57. The van der Waals surface area contributed by atoms with E-state index >= 15 is 0 Å². The van der Waals surface area contributed by atoms with Crippen molar-refractivity contribution in [2.24, 2.45) is 4.99 Å². The largest absolute Gasteiger partial charge is 0.419 e. The van der Waals surface area contributed by atoms with Crippen LogP contribution in [0.5, 0.6) is 0 Å². The number of sulfone groups is 1. The molecule has 1 aromatic rings. The van der Waals surface area contributed by atoms with Crippen molar-refractivity contribution in [2.75, 3.05) is 37.0 Å². The fourth-order valence-electron chi connectivity index (χ4n) is 2.43. The van der Waals surface area contributed by atoms with E-state index in [9.17, 15) is 21.6 Å². The van der Waals surface area contributed by atoms with Gasteiger partial charge in [-0.2, -0.15) is 13.2 Å². The molecule has 2 rings (SSSR count). The van der Waals surface area contributed by atoms with Gasteiger partial charge in [0.15, 0.2) is 15.8 Å². The molecule has 148 valence electrons. The van der Waals surface area contributed by atoms with E-state index in [1.54, 1.807) is 0 Å². The molecule has 1 saturated heterocycles. The molecule has 0 aliphatic carbocycles. The third-order valence-corrected chi connectivity index (χ3v) is 5.39. The van der Waals surface area contributed by atoms with E-state index in [2.05, 4.69) is 25.9 Å². The number of anilines is 1. The average molecular weight is 507 g/mol. The van der Waals surface area contributed by atoms with Crippen molar-refractivity contribution in [2.45, 2.75) is 18.6 Å². The van der Waals surface area contributed by atoms with Gasteiger partial charge in [0.2, 0.25) is 0 Å². The molecule has 1 atom stereocenters. The van der Waals surface area contributed by atoms with Gasteiger partial charge in [0.1, 0.15) is 5.82 Å². The highest BCUT2D eigenvalue weighted by Gasteiger charge is 2.34. The van der Waals surface area contributed by atoms with E-state index in [1.807, 2.05) is 0 Å². The third kappa shape index (κ3) is 6.78. The predicted octanol–water partition coefficient (Wildman–Crippen LogP) is 1.48. The number of guanidine groups is 1. The fourth-order valence-corrected chi connectivity index (χ4v) is 4.11. The van der Waals surface area contributed by atoms with Crippen molar-refractivity contribution in [3.63, 3.8) is 0 Å². The molecule has 1 aliphatic rings. The molecule has 0 aromatic carbocycles. The highest BCUT2D eigenvalue weighted by Crippen LogP contribution is 2.33. The van der Waals surface area contributed by atoms with Gasteiger partial charge in [0.05, 0.1) is 17.1 Å². The number of pyridine rings is 1. The minimum Gasteiger partial charge on any atom is -0.368 e. The van der Waals surface area contributed by atoms with Gasteiger partial charge in [-0.15, -0.1) is 24.0 Å². The van der Waals surface area contributed by atoms with Crippen LogP contribution in [0.15, 0.2) is 23.3 Å². The Balaban J connectivity index is 0.00000338. The maximum absolute atomic E-state index is 12.9. The summed E-state index contributed by atoms with van der Waals surface area (Å²) in [5, 5.41) is 8.55. The molecule has 0 saturated carbocycles. The molecule has 3 N–H and O–H groups in total. The quantitative estimate of drug-likeness (QED) is 0.242. The van der Waals surface area contributed by atoms with Gasteiger partial charge in [-0.3, -0.25) is 4.99 Å². The van der Waals surface area contributed by atoms with Crippen LogP contribution < -0.4 is 16.0 Å². The van der Waals surface area contributed by atoms with Crippen LogP contribution in [-0.4, -0.2) is 57.0 Å². The number of hydrogen-bond donors (Lipinski definition) is 3. The number of aliphatic imine (C=N–C) groups is 1. The molecule has 1 fully saturated rings. The van der Waals surface area contributed by atoms with Crippen LogP contribution in [0, 0.1) is 0 Å². The smallest absolute Gasteiger partial charge is 0.368 e. The lowest BCUT2D eigenvalue weighted by molar-refractivity contribution is -0.137. The highest BCUT2D eigenvalue weighted by molar-refractivity contribution is 14.0. The van der Waals surface area contributed by atoms with Crippen molar-refractivity contribution in [1.82, 2.24) is 15.6 Å². The first-order chi connectivity index (χ1) is 11.7. The number of nitrogens with one attached hydrogen (secondary N) is 3. The van der Waals surface area contributed by atoms with Gasteiger partial charge in [-0.1, -0.05) is 0 Å². The first-order valence-electron chi connectivity index (χ1n) is 7.65. The Morgan fingerprint density at radius 2 is 2.12 bits per heavy atom. The van der Waals surface area contributed by atoms with Crippen molar-refractivity contribution >= 4 is 45.6 Å². The average Bonchev–Trinajstić information content (AvgIpc) is 2.88. The van der Waals surface area contributed by atoms with Crippen LogP contribution in [0.4, 0.5) is 19.0 Å². The normalized spacial score (nSPS) is 19.5. The Kier molecular flexibility index (Phi) is 8.37. The van der Waals surface area contributed by atoms with Crippen molar-refractivity contribution in [1.29, 1.82) is 0 Å². The number of hydrogen-bond acceptors (Lipinski definition) is 5. The van der Waals surface area contributed by atoms with E-state index in [0.29, 0.717) is 12.4 Å². The van der Waals surface area contributed by atoms with Gasteiger partial charge >= 0.3 is 6.18 Å². The lowest BCUT2D eigenvalue weighted by Gasteiger charge is -2.17. The van der Waals surface area contributed by atoms with E-state index in [4.69, 9.17) is 0 Å². The molecule has 12 heteroatoms. The molecule has 7 nitrogen and oxygen atoms in total. The second kappa shape index (κ2) is 9.58. The second-order valence-corrected chi connectivity index (χ2v) is 7.80. The number of nitrogens with zero attached hydrogens (tertiary/aromatic N) is 2. The summed E-state index contributed by atoms with van der Waals surface area (Å²) in [4.78, 5) is 7.69. The SMILES string of the molecule is CN=C(NCCNc1ncccc1C(F)(F)F)NC1CCS(=O)(=O)C1.I. The first-order valence-corrected chi connectivity index (χ1v) is 9.47. The summed E-state index contributed by atoms with van der Waals surface area (Å²) in [6, 6.07) is 1.98. The minimum atomic E-state index is -4.48. The molecule has 2 heterocycles. The summed E-state index contributed by atoms with van der Waals surface area (Å²) >= 11 is 0. The maximum atomic E-state index is 12.9. The topological polar surface area (TPSA) is 95.5 Å². The highest BCUT2D eigenvalue weighted by atomic mass is 127. The summed E-state index contributed by atoms with van der Waals surface area (Å²) in [7, 11) is -1.47. The van der Waals surface area contributed by atoms with E-state index in [-0.39, 0.29) is 60.4 Å². The van der Waals surface area contributed by atoms with Gasteiger partial charge in [-0.05, 0) is 18.6 Å². The monoisotopic (exact) mass is 507 g/mol. The zero-order valence-electron chi connectivity index (χ0n) is 14.0. The summed E-state index contributed by atoms with van der Waals surface area (Å²) in [5.41, 5.74) is -0.825. The van der Waals surface area contributed by atoms with Crippen LogP contribution in [-0.2, 0) is 16.0 Å². The summed E-state index contributed by atoms with van der Waals surface area (Å²) in [5.74, 6) is 0.361. The lowest BCUT2D eigenvalue weighted by atomic mass is 10.2. The molecule has 1 aliphatic heterocycles. The molecule has 0 radical (unpaired) electrons. The van der Waals surface area contributed by atoms with Gasteiger partial charge in [0.25, 0.3) is 0 Å². The third-order valence-electron chi connectivity index (χ3n) is 3.62. The Morgan fingerprint density at radius 1 is 1.38 bits per heavy atom. The zero-order chi connectivity index (χ0) is 18.5. The first kappa shape index (κ1) is 22.7. The van der Waals surface area contributed by atoms with Crippen LogP contribution in [0.25, 0.3) is 0 Å². The molecule has 0 spiro atoms. The Hall–Kier alpha value is -1.31. The lowest BCUT2D eigenvalue weighted by Crippen LogP contribution is -2.45. The van der Waals surface area contributed by atoms with E-state index in [1.165, 1.54) is 19.3 Å². The molecular weight excluding hydrogens is 486 g/mol. The number of aromatic nitrogens is 1. The van der Waals surface area contributed by atoms with Gasteiger partial charge in [0, 0.05) is 32.4 Å².